The maximum atomic E-state index is 11.3. The van der Waals surface area contributed by atoms with Gasteiger partial charge in [0.2, 0.25) is 5.91 Å². The van der Waals surface area contributed by atoms with Gasteiger partial charge in [0.25, 0.3) is 0 Å². The maximum absolute atomic E-state index is 11.3. The summed E-state index contributed by atoms with van der Waals surface area (Å²) in [5.74, 6) is 0.291. The van der Waals surface area contributed by atoms with Gasteiger partial charge in [-0.3, -0.25) is 4.79 Å². The summed E-state index contributed by atoms with van der Waals surface area (Å²) >= 11 is 3.31. The van der Waals surface area contributed by atoms with Gasteiger partial charge in [-0.2, -0.15) is 0 Å². The largest absolute Gasteiger partial charge is 0.355 e. The zero-order chi connectivity index (χ0) is 10.1. The number of rotatable bonds is 7. The summed E-state index contributed by atoms with van der Waals surface area (Å²) in [5, 5.41) is 7.01. The van der Waals surface area contributed by atoms with Crippen LogP contribution in [-0.4, -0.2) is 30.9 Å². The van der Waals surface area contributed by atoms with Crippen molar-refractivity contribution in [2.24, 2.45) is 5.92 Å². The summed E-state index contributed by atoms with van der Waals surface area (Å²) in [6.07, 6.45) is 0.903. The standard InChI is InChI=1S/C9H19BrN2O/c1-3-8(2)9(13)12-7-6-11-5-4-10/h8,11H,3-7H2,1-2H3,(H,12,13). The summed E-state index contributed by atoms with van der Waals surface area (Å²) in [6, 6.07) is 0. The Kier molecular flexibility index (Phi) is 8.45. The summed E-state index contributed by atoms with van der Waals surface area (Å²) in [5.41, 5.74) is 0. The Morgan fingerprint density at radius 1 is 1.38 bits per heavy atom. The molecule has 0 aromatic carbocycles. The molecule has 0 spiro atoms. The van der Waals surface area contributed by atoms with E-state index < -0.39 is 0 Å². The van der Waals surface area contributed by atoms with Gasteiger partial charge in [-0.05, 0) is 6.42 Å². The molecular weight excluding hydrogens is 232 g/mol. The first-order valence-electron chi connectivity index (χ1n) is 4.76. The van der Waals surface area contributed by atoms with Gasteiger partial charge >= 0.3 is 0 Å². The molecule has 4 heteroatoms. The lowest BCUT2D eigenvalue weighted by Gasteiger charge is -2.09. The van der Waals surface area contributed by atoms with Crippen LogP contribution >= 0.6 is 15.9 Å². The molecule has 0 aromatic rings. The number of amides is 1. The molecule has 1 atom stereocenters. The van der Waals surface area contributed by atoms with Crippen LogP contribution in [0.1, 0.15) is 20.3 Å². The zero-order valence-electron chi connectivity index (χ0n) is 8.40. The number of hydrogen-bond donors (Lipinski definition) is 2. The number of halogens is 1. The third kappa shape index (κ3) is 7.02. The fourth-order valence-electron chi connectivity index (χ4n) is 0.826. The summed E-state index contributed by atoms with van der Waals surface area (Å²) in [6.45, 7) is 6.47. The normalized spacial score (nSPS) is 12.5. The van der Waals surface area contributed by atoms with E-state index in [1.807, 2.05) is 13.8 Å². The van der Waals surface area contributed by atoms with Crippen molar-refractivity contribution >= 4 is 21.8 Å². The van der Waals surface area contributed by atoms with Crippen LogP contribution in [-0.2, 0) is 4.79 Å². The van der Waals surface area contributed by atoms with E-state index in [1.54, 1.807) is 0 Å². The maximum Gasteiger partial charge on any atom is 0.222 e. The van der Waals surface area contributed by atoms with Crippen molar-refractivity contribution in [1.29, 1.82) is 0 Å². The average molecular weight is 251 g/mol. The summed E-state index contributed by atoms with van der Waals surface area (Å²) in [7, 11) is 0. The second-order valence-electron chi connectivity index (χ2n) is 3.04. The van der Waals surface area contributed by atoms with E-state index in [0.717, 1.165) is 31.4 Å². The second kappa shape index (κ2) is 8.51. The Balaban J connectivity index is 3.27. The van der Waals surface area contributed by atoms with Crippen LogP contribution in [0.2, 0.25) is 0 Å². The van der Waals surface area contributed by atoms with E-state index in [4.69, 9.17) is 0 Å². The fourth-order valence-corrected chi connectivity index (χ4v) is 1.11. The molecule has 0 aliphatic heterocycles. The Morgan fingerprint density at radius 3 is 2.62 bits per heavy atom. The van der Waals surface area contributed by atoms with Crippen LogP contribution < -0.4 is 10.6 Å². The van der Waals surface area contributed by atoms with Crippen molar-refractivity contribution in [2.45, 2.75) is 20.3 Å². The fraction of sp³-hybridized carbons (Fsp3) is 0.889. The minimum absolute atomic E-state index is 0.135. The summed E-state index contributed by atoms with van der Waals surface area (Å²) in [4.78, 5) is 11.3. The minimum atomic E-state index is 0.135. The zero-order valence-corrected chi connectivity index (χ0v) is 9.99. The van der Waals surface area contributed by atoms with E-state index in [1.165, 1.54) is 0 Å². The third-order valence-electron chi connectivity index (χ3n) is 1.93. The van der Waals surface area contributed by atoms with Crippen molar-refractivity contribution in [1.82, 2.24) is 10.6 Å². The highest BCUT2D eigenvalue weighted by Crippen LogP contribution is 1.98. The molecule has 2 N–H and O–H groups in total. The Labute approximate surface area is 88.8 Å². The van der Waals surface area contributed by atoms with Gasteiger partial charge in [0.1, 0.15) is 0 Å². The molecule has 0 heterocycles. The highest BCUT2D eigenvalue weighted by Gasteiger charge is 2.08. The predicted molar refractivity (Wildman–Crippen MR) is 59.1 cm³/mol. The van der Waals surface area contributed by atoms with Gasteiger partial charge in [0.05, 0.1) is 0 Å². The van der Waals surface area contributed by atoms with Gasteiger partial charge in [-0.15, -0.1) is 0 Å². The smallest absolute Gasteiger partial charge is 0.222 e. The Hall–Kier alpha value is -0.0900. The molecule has 0 saturated carbocycles. The number of alkyl halides is 1. The molecule has 0 fully saturated rings. The van der Waals surface area contributed by atoms with Crippen LogP contribution in [0.4, 0.5) is 0 Å². The molecule has 0 aliphatic rings. The van der Waals surface area contributed by atoms with Crippen molar-refractivity contribution < 1.29 is 4.79 Å². The van der Waals surface area contributed by atoms with Crippen LogP contribution in [0.3, 0.4) is 0 Å². The van der Waals surface area contributed by atoms with Crippen LogP contribution in [0.25, 0.3) is 0 Å². The van der Waals surface area contributed by atoms with Crippen molar-refractivity contribution in [3.8, 4) is 0 Å². The minimum Gasteiger partial charge on any atom is -0.355 e. The van der Waals surface area contributed by atoms with E-state index in [2.05, 4.69) is 26.6 Å². The second-order valence-corrected chi connectivity index (χ2v) is 3.83. The Bertz CT molecular complexity index is 142. The monoisotopic (exact) mass is 250 g/mol. The number of carbonyl (C=O) groups excluding carboxylic acids is 1. The van der Waals surface area contributed by atoms with Crippen molar-refractivity contribution in [3.05, 3.63) is 0 Å². The van der Waals surface area contributed by atoms with E-state index in [-0.39, 0.29) is 11.8 Å². The topological polar surface area (TPSA) is 41.1 Å². The lowest BCUT2D eigenvalue weighted by Crippen LogP contribution is -2.35. The van der Waals surface area contributed by atoms with Crippen LogP contribution in [0.5, 0.6) is 0 Å². The first-order valence-corrected chi connectivity index (χ1v) is 5.88. The van der Waals surface area contributed by atoms with Gasteiger partial charge in [-0.1, -0.05) is 29.8 Å². The van der Waals surface area contributed by atoms with E-state index in [9.17, 15) is 4.79 Å². The highest BCUT2D eigenvalue weighted by molar-refractivity contribution is 9.09. The Morgan fingerprint density at radius 2 is 2.08 bits per heavy atom. The van der Waals surface area contributed by atoms with Crippen molar-refractivity contribution in [3.63, 3.8) is 0 Å². The molecule has 1 unspecified atom stereocenters. The third-order valence-corrected chi connectivity index (χ3v) is 2.33. The lowest BCUT2D eigenvalue weighted by molar-refractivity contribution is -0.124. The first-order chi connectivity index (χ1) is 6.22. The average Bonchev–Trinajstić information content (AvgIpc) is 2.16. The van der Waals surface area contributed by atoms with Crippen LogP contribution in [0.15, 0.2) is 0 Å². The SMILES string of the molecule is CCC(C)C(=O)NCCNCCBr. The van der Waals surface area contributed by atoms with E-state index in [0.29, 0.717) is 0 Å². The highest BCUT2D eigenvalue weighted by atomic mass is 79.9. The molecule has 3 nitrogen and oxygen atoms in total. The molecular formula is C9H19BrN2O. The van der Waals surface area contributed by atoms with Gasteiger partial charge < -0.3 is 10.6 Å². The first kappa shape index (κ1) is 12.9. The number of hydrogen-bond acceptors (Lipinski definition) is 2. The quantitative estimate of drug-likeness (QED) is 0.526. The molecule has 0 aliphatic carbocycles. The molecule has 0 radical (unpaired) electrons. The molecule has 13 heavy (non-hydrogen) atoms. The molecule has 0 rings (SSSR count). The van der Waals surface area contributed by atoms with Gasteiger partial charge in [-0.25, -0.2) is 0 Å². The molecule has 78 valence electrons. The number of nitrogens with one attached hydrogen (secondary N) is 2. The summed E-state index contributed by atoms with van der Waals surface area (Å²) < 4.78 is 0. The molecule has 0 aromatic heterocycles. The molecule has 1 amide bonds. The van der Waals surface area contributed by atoms with Gasteiger partial charge in [0.15, 0.2) is 0 Å². The predicted octanol–water partition coefficient (Wildman–Crippen LogP) is 1.13. The van der Waals surface area contributed by atoms with Gasteiger partial charge in [0, 0.05) is 30.9 Å². The van der Waals surface area contributed by atoms with Crippen LogP contribution in [0, 0.1) is 5.92 Å². The number of carbonyl (C=O) groups is 1. The van der Waals surface area contributed by atoms with E-state index >= 15 is 0 Å². The molecule has 0 saturated heterocycles. The molecule has 0 bridgehead atoms. The van der Waals surface area contributed by atoms with Crippen molar-refractivity contribution in [2.75, 3.05) is 25.0 Å². The lowest BCUT2D eigenvalue weighted by atomic mass is 10.1.